The van der Waals surface area contributed by atoms with Gasteiger partial charge in [0.1, 0.15) is 0 Å². The number of amides is 1. The van der Waals surface area contributed by atoms with Gasteiger partial charge in [-0.25, -0.2) is 14.6 Å². The van der Waals surface area contributed by atoms with Gasteiger partial charge in [-0.1, -0.05) is 17.4 Å². The number of aromatic nitrogens is 5. The van der Waals surface area contributed by atoms with Gasteiger partial charge in [0.05, 0.1) is 28.7 Å². The number of aromatic amines is 1. The molecular weight excluding hydrogens is 374 g/mol. The van der Waals surface area contributed by atoms with E-state index in [2.05, 4.69) is 25.0 Å². The summed E-state index contributed by atoms with van der Waals surface area (Å²) >= 11 is 1.45. The van der Waals surface area contributed by atoms with Crippen molar-refractivity contribution in [2.75, 3.05) is 4.90 Å². The Morgan fingerprint density at radius 2 is 2.18 bits per heavy atom. The smallest absolute Gasteiger partial charge is 0.268 e. The van der Waals surface area contributed by atoms with Crippen LogP contribution in [-0.4, -0.2) is 36.7 Å². The molecule has 4 aromatic heterocycles. The standard InChI is InChI=1S/C19H17N7OS/c20-18(27)16-17(14-4-3-9-21-14)28-19(24-16)26(12-6-7-12)13-10-23-25(11-13)15-5-1-2-8-22-15/h1-5,8-12,21H,6-7H2,(H2,20,27). The number of anilines is 2. The molecule has 0 atom stereocenters. The van der Waals surface area contributed by atoms with Crippen LogP contribution in [-0.2, 0) is 0 Å². The zero-order valence-electron chi connectivity index (χ0n) is 14.8. The fourth-order valence-electron chi connectivity index (χ4n) is 3.10. The molecule has 0 saturated heterocycles. The van der Waals surface area contributed by atoms with Gasteiger partial charge in [0, 0.05) is 18.4 Å². The highest BCUT2D eigenvalue weighted by Gasteiger charge is 2.34. The lowest BCUT2D eigenvalue weighted by Gasteiger charge is -2.19. The summed E-state index contributed by atoms with van der Waals surface area (Å²) in [4.78, 5) is 26.9. The van der Waals surface area contributed by atoms with Gasteiger partial charge in [-0.15, -0.1) is 0 Å². The first-order valence-corrected chi connectivity index (χ1v) is 9.72. The number of primary amides is 1. The van der Waals surface area contributed by atoms with Crippen LogP contribution in [0.25, 0.3) is 16.4 Å². The molecule has 0 radical (unpaired) electrons. The average molecular weight is 391 g/mol. The second-order valence-electron chi connectivity index (χ2n) is 6.55. The molecule has 0 unspecified atom stereocenters. The molecule has 1 amide bonds. The lowest BCUT2D eigenvalue weighted by Crippen LogP contribution is -2.19. The lowest BCUT2D eigenvalue weighted by molar-refractivity contribution is 0.0997. The number of pyridine rings is 1. The molecule has 5 rings (SSSR count). The van der Waals surface area contributed by atoms with Gasteiger partial charge in [-0.05, 0) is 37.1 Å². The van der Waals surface area contributed by atoms with E-state index < -0.39 is 5.91 Å². The van der Waals surface area contributed by atoms with Crippen molar-refractivity contribution in [2.24, 2.45) is 5.73 Å². The summed E-state index contributed by atoms with van der Waals surface area (Å²) in [5.74, 6) is 0.209. The van der Waals surface area contributed by atoms with Gasteiger partial charge in [0.15, 0.2) is 16.6 Å². The second-order valence-corrected chi connectivity index (χ2v) is 7.53. The number of rotatable bonds is 6. The Kier molecular flexibility index (Phi) is 3.94. The Morgan fingerprint density at radius 3 is 2.86 bits per heavy atom. The Hall–Kier alpha value is -3.46. The van der Waals surface area contributed by atoms with Crippen LogP contribution in [0.2, 0.25) is 0 Å². The van der Waals surface area contributed by atoms with Crippen LogP contribution >= 0.6 is 11.3 Å². The molecule has 1 aliphatic rings. The van der Waals surface area contributed by atoms with Crippen molar-refractivity contribution in [3.63, 3.8) is 0 Å². The number of carbonyl (C=O) groups excluding carboxylic acids is 1. The third kappa shape index (κ3) is 2.95. The number of carbonyl (C=O) groups is 1. The van der Waals surface area contributed by atoms with Crippen LogP contribution in [0.3, 0.4) is 0 Å². The number of hydrogen-bond acceptors (Lipinski definition) is 6. The van der Waals surface area contributed by atoms with E-state index in [0.29, 0.717) is 6.04 Å². The van der Waals surface area contributed by atoms with Crippen LogP contribution in [0.5, 0.6) is 0 Å². The van der Waals surface area contributed by atoms with Crippen LogP contribution in [0, 0.1) is 0 Å². The minimum atomic E-state index is -0.535. The predicted molar refractivity (Wildman–Crippen MR) is 107 cm³/mol. The number of thiazole rings is 1. The summed E-state index contributed by atoms with van der Waals surface area (Å²) < 4.78 is 1.74. The van der Waals surface area contributed by atoms with E-state index in [1.807, 2.05) is 42.7 Å². The van der Waals surface area contributed by atoms with E-state index in [9.17, 15) is 4.79 Å². The van der Waals surface area contributed by atoms with E-state index in [1.54, 1.807) is 17.1 Å². The third-order valence-electron chi connectivity index (χ3n) is 4.54. The predicted octanol–water partition coefficient (Wildman–Crippen LogP) is 3.12. The fraction of sp³-hybridized carbons (Fsp3) is 0.158. The van der Waals surface area contributed by atoms with Gasteiger partial charge >= 0.3 is 0 Å². The minimum absolute atomic E-state index is 0.283. The topological polar surface area (TPSA) is 106 Å². The monoisotopic (exact) mass is 391 g/mol. The van der Waals surface area contributed by atoms with Gasteiger partial charge < -0.3 is 15.6 Å². The van der Waals surface area contributed by atoms with Crippen molar-refractivity contribution in [3.8, 4) is 16.4 Å². The fourth-order valence-corrected chi connectivity index (χ4v) is 4.25. The molecule has 0 bridgehead atoms. The molecule has 4 aromatic rings. The van der Waals surface area contributed by atoms with Crippen LogP contribution in [0.4, 0.5) is 10.8 Å². The summed E-state index contributed by atoms with van der Waals surface area (Å²) in [5.41, 5.74) is 7.62. The van der Waals surface area contributed by atoms with Gasteiger partial charge in [0.2, 0.25) is 0 Å². The summed E-state index contributed by atoms with van der Waals surface area (Å²) in [6.07, 6.45) is 9.41. The maximum Gasteiger partial charge on any atom is 0.268 e. The molecule has 1 fully saturated rings. The lowest BCUT2D eigenvalue weighted by atomic mass is 10.3. The molecule has 1 aliphatic carbocycles. The van der Waals surface area contributed by atoms with E-state index in [-0.39, 0.29) is 5.69 Å². The quantitative estimate of drug-likeness (QED) is 0.525. The zero-order valence-corrected chi connectivity index (χ0v) is 15.6. The molecule has 28 heavy (non-hydrogen) atoms. The van der Waals surface area contributed by atoms with E-state index in [1.165, 1.54) is 11.3 Å². The van der Waals surface area contributed by atoms with Gasteiger partial charge in [-0.2, -0.15) is 5.10 Å². The molecule has 1 saturated carbocycles. The van der Waals surface area contributed by atoms with Crippen molar-refractivity contribution < 1.29 is 4.79 Å². The number of hydrogen-bond donors (Lipinski definition) is 2. The highest BCUT2D eigenvalue weighted by atomic mass is 32.1. The summed E-state index contributed by atoms with van der Waals surface area (Å²) in [7, 11) is 0. The van der Waals surface area contributed by atoms with Crippen molar-refractivity contribution in [1.82, 2.24) is 24.7 Å². The second kappa shape index (κ2) is 6.61. The molecule has 0 aromatic carbocycles. The van der Waals surface area contributed by atoms with E-state index in [0.717, 1.165) is 40.0 Å². The third-order valence-corrected chi connectivity index (χ3v) is 5.63. The Labute approximate surface area is 164 Å². The molecule has 0 aliphatic heterocycles. The number of nitrogens with zero attached hydrogens (tertiary/aromatic N) is 5. The average Bonchev–Trinajstić information content (AvgIpc) is 3.12. The van der Waals surface area contributed by atoms with Crippen molar-refractivity contribution in [2.45, 2.75) is 18.9 Å². The Morgan fingerprint density at radius 1 is 1.29 bits per heavy atom. The van der Waals surface area contributed by atoms with Crippen molar-refractivity contribution in [3.05, 3.63) is 60.8 Å². The van der Waals surface area contributed by atoms with Crippen LogP contribution in [0.1, 0.15) is 23.3 Å². The summed E-state index contributed by atoms with van der Waals surface area (Å²) in [6.45, 7) is 0. The molecule has 3 N–H and O–H groups in total. The van der Waals surface area contributed by atoms with Crippen LogP contribution < -0.4 is 10.6 Å². The highest BCUT2D eigenvalue weighted by Crippen LogP contribution is 2.43. The first-order valence-electron chi connectivity index (χ1n) is 8.90. The first kappa shape index (κ1) is 16.7. The molecule has 140 valence electrons. The Balaban J connectivity index is 1.56. The van der Waals surface area contributed by atoms with Crippen LogP contribution in [0.15, 0.2) is 55.1 Å². The highest BCUT2D eigenvalue weighted by molar-refractivity contribution is 7.19. The SMILES string of the molecule is NC(=O)c1nc(N(c2cnn(-c3ccccn3)c2)C2CC2)sc1-c1ccc[nH]1. The first-order chi connectivity index (χ1) is 13.7. The molecule has 0 spiro atoms. The molecule has 4 heterocycles. The van der Waals surface area contributed by atoms with E-state index >= 15 is 0 Å². The molecule has 9 heteroatoms. The zero-order chi connectivity index (χ0) is 19.1. The molecule has 8 nitrogen and oxygen atoms in total. The number of H-pyrrole nitrogens is 1. The maximum atomic E-state index is 12.0. The summed E-state index contributed by atoms with van der Waals surface area (Å²) in [5, 5.41) is 5.19. The number of nitrogens with one attached hydrogen (secondary N) is 1. The summed E-state index contributed by atoms with van der Waals surface area (Å²) in [6, 6.07) is 9.82. The normalized spacial score (nSPS) is 13.6. The number of nitrogens with two attached hydrogens (primary N) is 1. The van der Waals surface area contributed by atoms with Gasteiger partial charge in [-0.3, -0.25) is 4.79 Å². The van der Waals surface area contributed by atoms with Crippen molar-refractivity contribution in [1.29, 1.82) is 0 Å². The Bertz CT molecular complexity index is 1110. The molecular formula is C19H17N7OS. The largest absolute Gasteiger partial charge is 0.364 e. The maximum absolute atomic E-state index is 12.0. The minimum Gasteiger partial charge on any atom is -0.364 e. The van der Waals surface area contributed by atoms with Gasteiger partial charge in [0.25, 0.3) is 5.91 Å². The van der Waals surface area contributed by atoms with E-state index in [4.69, 9.17) is 5.73 Å². The van der Waals surface area contributed by atoms with Crippen molar-refractivity contribution >= 4 is 28.1 Å².